The Morgan fingerprint density at radius 3 is 2.28 bits per heavy atom. The summed E-state index contributed by atoms with van der Waals surface area (Å²) in [5.41, 5.74) is 3.90. The number of aromatic nitrogens is 1. The van der Waals surface area contributed by atoms with Gasteiger partial charge >= 0.3 is 0 Å². The lowest BCUT2D eigenvalue weighted by Crippen LogP contribution is -2.26. The number of rotatable bonds is 3. The zero-order chi connectivity index (χ0) is 20.2. The van der Waals surface area contributed by atoms with Gasteiger partial charge in [-0.05, 0) is 36.8 Å². The zero-order valence-corrected chi connectivity index (χ0v) is 16.5. The fourth-order valence-electron chi connectivity index (χ4n) is 3.91. The van der Waals surface area contributed by atoms with Crippen molar-refractivity contribution in [2.75, 3.05) is 0 Å². The van der Waals surface area contributed by atoms with Crippen molar-refractivity contribution in [1.82, 2.24) is 4.68 Å². The molecule has 0 amide bonds. The van der Waals surface area contributed by atoms with Gasteiger partial charge in [0.1, 0.15) is 11.6 Å². The van der Waals surface area contributed by atoms with Crippen LogP contribution in [0.25, 0.3) is 22.4 Å². The number of hydrogen-bond acceptors (Lipinski definition) is 3. The van der Waals surface area contributed by atoms with Gasteiger partial charge in [0.2, 0.25) is 0 Å². The summed E-state index contributed by atoms with van der Waals surface area (Å²) in [7, 11) is 0. The summed E-state index contributed by atoms with van der Waals surface area (Å²) >= 11 is 0. The van der Waals surface area contributed by atoms with Crippen LogP contribution in [0.1, 0.15) is 38.2 Å². The molecule has 0 spiro atoms. The van der Waals surface area contributed by atoms with Crippen LogP contribution in [-0.4, -0.2) is 10.4 Å². The molecule has 2 aromatic carbocycles. The van der Waals surface area contributed by atoms with E-state index in [2.05, 4.69) is 13.0 Å². The zero-order valence-electron chi connectivity index (χ0n) is 16.5. The molecular weight excluding hydrogens is 358 g/mol. The third-order valence-electron chi connectivity index (χ3n) is 5.57. The molecule has 0 bridgehead atoms. The van der Waals surface area contributed by atoms with E-state index in [0.717, 1.165) is 36.1 Å². The lowest BCUT2D eigenvalue weighted by molar-refractivity contribution is 0.552. The van der Waals surface area contributed by atoms with E-state index in [4.69, 9.17) is 5.10 Å². The van der Waals surface area contributed by atoms with E-state index in [0.29, 0.717) is 17.2 Å². The first-order valence-corrected chi connectivity index (χ1v) is 10.1. The second kappa shape index (κ2) is 8.28. The minimum atomic E-state index is -0.363. The molecule has 1 saturated carbocycles. The normalized spacial score (nSPS) is 17.8. The molecule has 3 aromatic rings. The van der Waals surface area contributed by atoms with Crippen LogP contribution in [0.5, 0.6) is 0 Å². The average Bonchev–Trinajstić information content (AvgIpc) is 2.77. The van der Waals surface area contributed by atoms with Crippen molar-refractivity contribution in [3.63, 3.8) is 0 Å². The Labute approximate surface area is 170 Å². The van der Waals surface area contributed by atoms with Crippen LogP contribution in [0, 0.1) is 17.2 Å². The number of benzene rings is 2. The standard InChI is InChI=1S/C25H23N3O/c1-18-10-8-9-15-23(18)27-28-24(20-13-6-3-7-14-20)16-21(22(17-26)25(28)29)19-11-4-2-5-12-19/h2-7,11-14,16,18H,8-10,15H2,1H3/b27-23-. The van der Waals surface area contributed by atoms with Crippen molar-refractivity contribution >= 4 is 5.71 Å². The highest BCUT2D eigenvalue weighted by molar-refractivity contribution is 5.87. The van der Waals surface area contributed by atoms with E-state index in [-0.39, 0.29) is 11.1 Å². The van der Waals surface area contributed by atoms with Crippen LogP contribution in [0.15, 0.2) is 76.6 Å². The van der Waals surface area contributed by atoms with Crippen molar-refractivity contribution < 1.29 is 0 Å². The van der Waals surface area contributed by atoms with Gasteiger partial charge < -0.3 is 0 Å². The molecule has 4 heteroatoms. The lowest BCUT2D eigenvalue weighted by Gasteiger charge is -2.21. The predicted molar refractivity (Wildman–Crippen MR) is 117 cm³/mol. The monoisotopic (exact) mass is 381 g/mol. The fourth-order valence-corrected chi connectivity index (χ4v) is 3.91. The van der Waals surface area contributed by atoms with Crippen molar-refractivity contribution in [3.8, 4) is 28.5 Å². The van der Waals surface area contributed by atoms with E-state index in [1.54, 1.807) is 0 Å². The quantitative estimate of drug-likeness (QED) is 0.604. The Hall–Kier alpha value is -3.45. The maximum Gasteiger partial charge on any atom is 0.290 e. The van der Waals surface area contributed by atoms with E-state index in [1.807, 2.05) is 66.7 Å². The molecule has 1 aliphatic rings. The number of hydrogen-bond donors (Lipinski definition) is 0. The summed E-state index contributed by atoms with van der Waals surface area (Å²) in [6.07, 6.45) is 4.26. The topological polar surface area (TPSA) is 58.1 Å². The van der Waals surface area contributed by atoms with Gasteiger partial charge in [-0.3, -0.25) is 4.79 Å². The molecule has 0 aliphatic heterocycles. The Bertz CT molecular complexity index is 1140. The predicted octanol–water partition coefficient (Wildman–Crippen LogP) is 5.47. The first-order valence-electron chi connectivity index (χ1n) is 10.1. The van der Waals surface area contributed by atoms with E-state index >= 15 is 0 Å². The van der Waals surface area contributed by atoms with Crippen molar-refractivity contribution in [2.45, 2.75) is 32.6 Å². The molecule has 29 heavy (non-hydrogen) atoms. The Kier molecular flexibility index (Phi) is 5.39. The smallest absolute Gasteiger partial charge is 0.266 e. The van der Waals surface area contributed by atoms with Gasteiger partial charge in [-0.25, -0.2) is 0 Å². The Balaban J connectivity index is 2.01. The highest BCUT2D eigenvalue weighted by Gasteiger charge is 2.20. The van der Waals surface area contributed by atoms with Crippen LogP contribution in [0.3, 0.4) is 0 Å². The molecule has 1 atom stereocenters. The van der Waals surface area contributed by atoms with Crippen molar-refractivity contribution in [1.29, 1.82) is 5.26 Å². The Morgan fingerprint density at radius 1 is 1.00 bits per heavy atom. The molecule has 1 aromatic heterocycles. The largest absolute Gasteiger partial charge is 0.290 e. The second-order valence-electron chi connectivity index (χ2n) is 7.52. The van der Waals surface area contributed by atoms with Crippen LogP contribution < -0.4 is 5.56 Å². The highest BCUT2D eigenvalue weighted by Crippen LogP contribution is 2.28. The summed E-state index contributed by atoms with van der Waals surface area (Å²) in [6.45, 7) is 2.16. The summed E-state index contributed by atoms with van der Waals surface area (Å²) in [5, 5.41) is 14.6. The van der Waals surface area contributed by atoms with Gasteiger partial charge in [0, 0.05) is 16.8 Å². The van der Waals surface area contributed by atoms with E-state index in [1.165, 1.54) is 11.1 Å². The maximum absolute atomic E-state index is 13.4. The minimum Gasteiger partial charge on any atom is -0.266 e. The molecule has 1 fully saturated rings. The van der Waals surface area contributed by atoms with Gasteiger partial charge in [0.05, 0.1) is 5.69 Å². The van der Waals surface area contributed by atoms with Gasteiger partial charge in [-0.15, -0.1) is 0 Å². The minimum absolute atomic E-state index is 0.128. The lowest BCUT2D eigenvalue weighted by atomic mass is 9.89. The first kappa shape index (κ1) is 18.9. The van der Waals surface area contributed by atoms with Crippen LogP contribution >= 0.6 is 0 Å². The summed E-state index contributed by atoms with van der Waals surface area (Å²) < 4.78 is 1.44. The van der Waals surface area contributed by atoms with Gasteiger partial charge in [0.15, 0.2) is 0 Å². The van der Waals surface area contributed by atoms with Gasteiger partial charge in [-0.1, -0.05) is 74.0 Å². The number of nitrogens with zero attached hydrogens (tertiary/aromatic N) is 3. The van der Waals surface area contributed by atoms with E-state index < -0.39 is 0 Å². The van der Waals surface area contributed by atoms with Crippen LogP contribution in [-0.2, 0) is 0 Å². The van der Waals surface area contributed by atoms with Crippen LogP contribution in [0.2, 0.25) is 0 Å². The van der Waals surface area contributed by atoms with Gasteiger partial charge in [-0.2, -0.15) is 15.0 Å². The molecule has 0 radical (unpaired) electrons. The third-order valence-corrected chi connectivity index (χ3v) is 5.57. The summed E-state index contributed by atoms with van der Waals surface area (Å²) in [4.78, 5) is 13.4. The molecular formula is C25H23N3O. The van der Waals surface area contributed by atoms with E-state index in [9.17, 15) is 10.1 Å². The maximum atomic E-state index is 13.4. The molecule has 0 saturated heterocycles. The van der Waals surface area contributed by atoms with Crippen molar-refractivity contribution in [2.24, 2.45) is 11.0 Å². The second-order valence-corrected chi connectivity index (χ2v) is 7.52. The SMILES string of the molecule is CC1CCCC/C1=N/n1c(-c2ccccc2)cc(-c2ccccc2)c(C#N)c1=O. The molecule has 144 valence electrons. The molecule has 1 aliphatic carbocycles. The highest BCUT2D eigenvalue weighted by atomic mass is 16.1. The van der Waals surface area contributed by atoms with Gasteiger partial charge in [0.25, 0.3) is 5.56 Å². The molecule has 0 N–H and O–H groups in total. The van der Waals surface area contributed by atoms with Crippen molar-refractivity contribution in [3.05, 3.63) is 82.6 Å². The fraction of sp³-hybridized carbons (Fsp3) is 0.240. The Morgan fingerprint density at radius 2 is 1.66 bits per heavy atom. The number of pyridine rings is 1. The molecule has 1 unspecified atom stereocenters. The third kappa shape index (κ3) is 3.77. The molecule has 4 rings (SSSR count). The summed E-state index contributed by atoms with van der Waals surface area (Å²) in [6, 6.07) is 23.4. The van der Waals surface area contributed by atoms with Crippen LogP contribution in [0.4, 0.5) is 0 Å². The average molecular weight is 381 g/mol. The molecule has 4 nitrogen and oxygen atoms in total. The first-order chi connectivity index (χ1) is 14.2. The molecule has 1 heterocycles. The summed E-state index contributed by atoms with van der Waals surface area (Å²) in [5.74, 6) is 0.346. The number of nitriles is 1.